The van der Waals surface area contributed by atoms with E-state index in [0.29, 0.717) is 23.3 Å². The normalized spacial score (nSPS) is 11.9. The number of hydrazone groups is 1. The van der Waals surface area contributed by atoms with Gasteiger partial charge in [0.25, 0.3) is 17.7 Å². The third kappa shape index (κ3) is 5.24. The molecule has 0 saturated heterocycles. The summed E-state index contributed by atoms with van der Waals surface area (Å²) in [7, 11) is 0. The van der Waals surface area contributed by atoms with Gasteiger partial charge in [-0.25, -0.2) is 10.4 Å². The van der Waals surface area contributed by atoms with Gasteiger partial charge in [-0.3, -0.25) is 14.4 Å². The van der Waals surface area contributed by atoms with Gasteiger partial charge in [0, 0.05) is 16.7 Å². The van der Waals surface area contributed by atoms with E-state index in [0.717, 1.165) is 5.22 Å². The first-order valence-electron chi connectivity index (χ1n) is 8.89. The molecular formula is C21H18N4O4. The zero-order valence-electron chi connectivity index (χ0n) is 15.6. The number of para-hydroxylation sites is 1. The molecule has 0 unspecified atom stereocenters. The van der Waals surface area contributed by atoms with E-state index in [-0.39, 0.29) is 12.1 Å². The largest absolute Gasteiger partial charge is 0.494 e. The molecule has 2 N–H and O–H groups in total. The Balaban J connectivity index is 1.56. The molecule has 0 aromatic heterocycles. The van der Waals surface area contributed by atoms with Crippen molar-refractivity contribution in [2.45, 2.75) is 6.92 Å². The molecule has 1 heterocycles. The van der Waals surface area contributed by atoms with Crippen LogP contribution in [0.1, 0.15) is 17.3 Å². The van der Waals surface area contributed by atoms with Gasteiger partial charge in [0.05, 0.1) is 18.5 Å². The second-order valence-electron chi connectivity index (χ2n) is 5.93. The molecule has 2 aromatic rings. The third-order valence-electron chi connectivity index (χ3n) is 3.88. The highest BCUT2D eigenvalue weighted by Gasteiger charge is 2.10. The van der Waals surface area contributed by atoms with Crippen molar-refractivity contribution in [1.82, 2.24) is 10.7 Å². The number of nitrogens with one attached hydrogen (secondary N) is 2. The SMILES string of the molecule is CCOc1ccc(C(=O)NCC(=O)NN=C=C2C=c3ccccc3=NC2=O)cc1. The van der Waals surface area contributed by atoms with Gasteiger partial charge in [-0.15, -0.1) is 5.10 Å². The average Bonchev–Trinajstić information content (AvgIpc) is 2.73. The highest BCUT2D eigenvalue weighted by Crippen LogP contribution is 2.11. The Hall–Kier alpha value is -4.03. The Morgan fingerprint density at radius 3 is 2.66 bits per heavy atom. The van der Waals surface area contributed by atoms with Crippen molar-refractivity contribution in [1.29, 1.82) is 0 Å². The molecular weight excluding hydrogens is 372 g/mol. The molecule has 29 heavy (non-hydrogen) atoms. The van der Waals surface area contributed by atoms with Gasteiger partial charge in [0.2, 0.25) is 0 Å². The number of benzene rings is 2. The fourth-order valence-corrected chi connectivity index (χ4v) is 2.50. The molecule has 3 rings (SSSR count). The first kappa shape index (κ1) is 19.7. The summed E-state index contributed by atoms with van der Waals surface area (Å²) in [6.45, 7) is 2.12. The van der Waals surface area contributed by atoms with Crippen LogP contribution in [-0.2, 0) is 9.59 Å². The predicted molar refractivity (Wildman–Crippen MR) is 106 cm³/mol. The van der Waals surface area contributed by atoms with E-state index in [1.54, 1.807) is 42.5 Å². The van der Waals surface area contributed by atoms with Crippen LogP contribution in [0.2, 0.25) is 0 Å². The van der Waals surface area contributed by atoms with Crippen molar-refractivity contribution in [3.05, 3.63) is 70.2 Å². The number of carbonyl (C=O) groups excluding carboxylic acids is 3. The Bertz CT molecular complexity index is 1130. The number of nitrogens with zero attached hydrogens (tertiary/aromatic N) is 2. The monoisotopic (exact) mass is 390 g/mol. The molecule has 1 aliphatic rings. The number of rotatable bonds is 6. The average molecular weight is 390 g/mol. The highest BCUT2D eigenvalue weighted by atomic mass is 16.5. The van der Waals surface area contributed by atoms with Crippen LogP contribution in [0.4, 0.5) is 0 Å². The molecule has 2 aromatic carbocycles. The summed E-state index contributed by atoms with van der Waals surface area (Å²) in [5.41, 5.74) is 2.74. The molecule has 0 saturated carbocycles. The molecule has 0 atom stereocenters. The van der Waals surface area contributed by atoms with Crippen LogP contribution in [0.15, 0.2) is 64.2 Å². The van der Waals surface area contributed by atoms with Crippen LogP contribution in [0.25, 0.3) is 6.08 Å². The summed E-state index contributed by atoms with van der Waals surface area (Å²) in [5, 5.41) is 7.45. The van der Waals surface area contributed by atoms with Crippen LogP contribution in [0.5, 0.6) is 5.75 Å². The lowest BCUT2D eigenvalue weighted by atomic mass is 10.1. The van der Waals surface area contributed by atoms with Gasteiger partial charge in [-0.05, 0) is 43.3 Å². The lowest BCUT2D eigenvalue weighted by molar-refractivity contribution is -0.120. The van der Waals surface area contributed by atoms with E-state index in [1.165, 1.54) is 0 Å². The Morgan fingerprint density at radius 2 is 1.90 bits per heavy atom. The Labute approximate surface area is 166 Å². The molecule has 1 aliphatic heterocycles. The highest BCUT2D eigenvalue weighted by molar-refractivity contribution is 6.10. The number of carbonyl (C=O) groups is 3. The van der Waals surface area contributed by atoms with Crippen LogP contribution >= 0.6 is 0 Å². The van der Waals surface area contributed by atoms with Crippen molar-refractivity contribution >= 4 is 29.7 Å². The molecule has 8 nitrogen and oxygen atoms in total. The quantitative estimate of drug-likeness (QED) is 0.414. The minimum atomic E-state index is -0.557. The molecule has 146 valence electrons. The van der Waals surface area contributed by atoms with Gasteiger partial charge >= 0.3 is 0 Å². The lowest BCUT2D eigenvalue weighted by Crippen LogP contribution is -2.34. The van der Waals surface area contributed by atoms with Crippen molar-refractivity contribution in [2.75, 3.05) is 13.2 Å². The van der Waals surface area contributed by atoms with Gasteiger partial charge in [0.15, 0.2) is 0 Å². The minimum absolute atomic E-state index is 0.127. The Morgan fingerprint density at radius 1 is 1.14 bits per heavy atom. The standard InChI is InChI=1S/C21H18N4O4/c1-2-29-17-9-7-14(8-10-17)20(27)22-13-19(26)25-23-12-16-11-15-5-3-4-6-18(15)24-21(16)28/h3-11H,2,13H2,1H3,(H,22,27)(H,25,26). The van der Waals surface area contributed by atoms with E-state index < -0.39 is 17.7 Å². The minimum Gasteiger partial charge on any atom is -0.494 e. The fourth-order valence-electron chi connectivity index (χ4n) is 2.50. The van der Waals surface area contributed by atoms with E-state index >= 15 is 0 Å². The predicted octanol–water partition coefficient (Wildman–Crippen LogP) is 0.0829. The summed E-state index contributed by atoms with van der Waals surface area (Å²) in [6.07, 6.45) is 1.59. The summed E-state index contributed by atoms with van der Waals surface area (Å²) in [6, 6.07) is 13.7. The molecule has 0 radical (unpaired) electrons. The zero-order chi connectivity index (χ0) is 20.6. The maximum absolute atomic E-state index is 12.1. The first-order chi connectivity index (χ1) is 14.1. The molecule has 0 fully saturated rings. The third-order valence-corrected chi connectivity index (χ3v) is 3.88. The summed E-state index contributed by atoms with van der Waals surface area (Å²) < 4.78 is 5.31. The summed E-state index contributed by atoms with van der Waals surface area (Å²) >= 11 is 0. The number of fused-ring (bicyclic) bond motifs is 1. The summed E-state index contributed by atoms with van der Waals surface area (Å²) in [5.74, 6) is 1.67. The second-order valence-corrected chi connectivity index (χ2v) is 5.93. The number of amides is 3. The fraction of sp³-hybridized carbons (Fsp3) is 0.143. The second kappa shape index (κ2) is 9.25. The smallest absolute Gasteiger partial charge is 0.287 e. The maximum Gasteiger partial charge on any atom is 0.287 e. The molecule has 3 amide bonds. The van der Waals surface area contributed by atoms with Gasteiger partial charge in [0.1, 0.15) is 11.3 Å². The molecule has 8 heteroatoms. The van der Waals surface area contributed by atoms with Crippen molar-refractivity contribution in [3.63, 3.8) is 0 Å². The van der Waals surface area contributed by atoms with E-state index in [9.17, 15) is 14.4 Å². The first-order valence-corrected chi connectivity index (χ1v) is 8.89. The van der Waals surface area contributed by atoms with Crippen LogP contribution < -0.4 is 26.1 Å². The molecule has 0 bridgehead atoms. The van der Waals surface area contributed by atoms with Gasteiger partial charge in [-0.2, -0.15) is 0 Å². The Kier molecular flexibility index (Phi) is 6.29. The van der Waals surface area contributed by atoms with E-state index in [2.05, 4.69) is 26.7 Å². The van der Waals surface area contributed by atoms with E-state index in [1.807, 2.05) is 19.1 Å². The van der Waals surface area contributed by atoms with Crippen LogP contribution in [0, 0.1) is 0 Å². The maximum atomic E-state index is 12.1. The molecule has 0 aliphatic carbocycles. The van der Waals surface area contributed by atoms with Crippen molar-refractivity contribution in [2.24, 2.45) is 10.1 Å². The van der Waals surface area contributed by atoms with E-state index in [4.69, 9.17) is 4.74 Å². The zero-order valence-corrected chi connectivity index (χ0v) is 15.6. The van der Waals surface area contributed by atoms with Crippen LogP contribution in [0.3, 0.4) is 0 Å². The topological polar surface area (TPSA) is 109 Å². The van der Waals surface area contributed by atoms with Crippen LogP contribution in [-0.4, -0.2) is 36.7 Å². The van der Waals surface area contributed by atoms with Gasteiger partial charge in [-0.1, -0.05) is 18.2 Å². The summed E-state index contributed by atoms with van der Waals surface area (Å²) in [4.78, 5) is 39.7. The van der Waals surface area contributed by atoms with Crippen molar-refractivity contribution in [3.8, 4) is 5.75 Å². The lowest BCUT2D eigenvalue weighted by Gasteiger charge is -2.06. The molecule has 0 spiro atoms. The number of hydrogen-bond donors (Lipinski definition) is 2. The van der Waals surface area contributed by atoms with Gasteiger partial charge < -0.3 is 10.1 Å². The van der Waals surface area contributed by atoms with Crippen molar-refractivity contribution < 1.29 is 19.1 Å². The number of hydrogen-bond acceptors (Lipinski definition) is 5. The number of ether oxygens (including phenoxy) is 1.